The van der Waals surface area contributed by atoms with E-state index in [1.165, 1.54) is 0 Å². The van der Waals surface area contributed by atoms with E-state index in [9.17, 15) is 0 Å². The molecule has 72 valence electrons. The van der Waals surface area contributed by atoms with Crippen LogP contribution in [0.1, 0.15) is 5.69 Å². The number of nitrogens with one attached hydrogen (secondary N) is 1. The number of aryl methyl sites for hydroxylation is 1. The van der Waals surface area contributed by atoms with Crippen LogP contribution < -0.4 is 10.2 Å². The van der Waals surface area contributed by atoms with Crippen molar-refractivity contribution in [3.63, 3.8) is 0 Å². The van der Waals surface area contributed by atoms with Crippen LogP contribution in [0, 0.1) is 6.92 Å². The fourth-order valence-corrected chi connectivity index (χ4v) is 1.04. The van der Waals surface area contributed by atoms with E-state index in [0.717, 1.165) is 24.6 Å². The maximum atomic E-state index is 4.18. The number of rotatable bonds is 4. The Hall–Kier alpha value is -1.16. The van der Waals surface area contributed by atoms with Crippen molar-refractivity contribution in [3.8, 4) is 0 Å². The average Bonchev–Trinajstić information content (AvgIpc) is 2.14. The quantitative estimate of drug-likeness (QED) is 0.730. The Morgan fingerprint density at radius 3 is 2.85 bits per heavy atom. The summed E-state index contributed by atoms with van der Waals surface area (Å²) < 4.78 is 0. The van der Waals surface area contributed by atoms with Crippen LogP contribution in [0.15, 0.2) is 12.4 Å². The molecule has 1 aromatic heterocycles. The smallest absolute Gasteiger partial charge is 0.131 e. The summed E-state index contributed by atoms with van der Waals surface area (Å²) in [6.45, 7) is 3.88. The number of aromatic nitrogens is 2. The lowest BCUT2D eigenvalue weighted by atomic mass is 10.4. The summed E-state index contributed by atoms with van der Waals surface area (Å²) in [6.07, 6.45) is 1.60. The molecular formula is C9H16N4. The van der Waals surface area contributed by atoms with Crippen LogP contribution >= 0.6 is 0 Å². The van der Waals surface area contributed by atoms with Crippen LogP contribution in [0.3, 0.4) is 0 Å². The highest BCUT2D eigenvalue weighted by molar-refractivity contribution is 5.37. The largest absolute Gasteiger partial charge is 0.358 e. The summed E-state index contributed by atoms with van der Waals surface area (Å²) in [7, 11) is 3.97. The van der Waals surface area contributed by atoms with Crippen molar-refractivity contribution in [1.82, 2.24) is 15.3 Å². The minimum Gasteiger partial charge on any atom is -0.358 e. The predicted octanol–water partition coefficient (Wildman–Crippen LogP) is 0.441. The molecule has 0 spiro atoms. The van der Waals surface area contributed by atoms with Gasteiger partial charge in [-0.05, 0) is 14.0 Å². The molecular weight excluding hydrogens is 164 g/mol. The van der Waals surface area contributed by atoms with E-state index >= 15 is 0 Å². The van der Waals surface area contributed by atoms with E-state index in [-0.39, 0.29) is 0 Å². The summed E-state index contributed by atoms with van der Waals surface area (Å²) in [5.41, 5.74) is 1.00. The first kappa shape index (κ1) is 9.92. The lowest BCUT2D eigenvalue weighted by molar-refractivity contribution is 0.759. The number of hydrogen-bond acceptors (Lipinski definition) is 4. The van der Waals surface area contributed by atoms with Crippen LogP contribution in [-0.2, 0) is 0 Å². The van der Waals surface area contributed by atoms with Crippen molar-refractivity contribution in [2.24, 2.45) is 0 Å². The molecule has 0 amide bonds. The average molecular weight is 180 g/mol. The number of nitrogens with zero attached hydrogens (tertiary/aromatic N) is 3. The normalized spacial score (nSPS) is 10.1. The second-order valence-electron chi connectivity index (χ2n) is 3.04. The second-order valence-corrected chi connectivity index (χ2v) is 3.04. The highest BCUT2D eigenvalue weighted by Crippen LogP contribution is 2.06. The summed E-state index contributed by atoms with van der Waals surface area (Å²) in [5, 5.41) is 3.10. The zero-order valence-corrected chi connectivity index (χ0v) is 8.41. The molecule has 0 aliphatic heterocycles. The minimum absolute atomic E-state index is 0.951. The Kier molecular flexibility index (Phi) is 3.64. The van der Waals surface area contributed by atoms with Crippen molar-refractivity contribution in [2.45, 2.75) is 6.92 Å². The van der Waals surface area contributed by atoms with Crippen molar-refractivity contribution < 1.29 is 0 Å². The van der Waals surface area contributed by atoms with E-state index < -0.39 is 0 Å². The molecule has 0 aliphatic carbocycles. The van der Waals surface area contributed by atoms with E-state index in [1.54, 1.807) is 6.33 Å². The Labute approximate surface area is 79.0 Å². The topological polar surface area (TPSA) is 41.0 Å². The molecule has 0 radical (unpaired) electrons. The zero-order chi connectivity index (χ0) is 9.68. The van der Waals surface area contributed by atoms with Gasteiger partial charge in [-0.15, -0.1) is 0 Å². The van der Waals surface area contributed by atoms with E-state index in [2.05, 4.69) is 20.2 Å². The van der Waals surface area contributed by atoms with Crippen LogP contribution in [0.25, 0.3) is 0 Å². The van der Waals surface area contributed by atoms with Gasteiger partial charge in [0, 0.05) is 31.9 Å². The van der Waals surface area contributed by atoms with Crippen molar-refractivity contribution in [2.75, 3.05) is 32.1 Å². The zero-order valence-electron chi connectivity index (χ0n) is 8.41. The van der Waals surface area contributed by atoms with Gasteiger partial charge in [0.25, 0.3) is 0 Å². The van der Waals surface area contributed by atoms with Gasteiger partial charge in [-0.1, -0.05) is 0 Å². The summed E-state index contributed by atoms with van der Waals surface area (Å²) in [5.74, 6) is 0.975. The van der Waals surface area contributed by atoms with Gasteiger partial charge in [0.1, 0.15) is 12.1 Å². The van der Waals surface area contributed by atoms with Crippen LogP contribution in [0.5, 0.6) is 0 Å². The van der Waals surface area contributed by atoms with Gasteiger partial charge in [-0.25, -0.2) is 9.97 Å². The fraction of sp³-hybridized carbons (Fsp3) is 0.556. The molecule has 0 saturated carbocycles. The lowest BCUT2D eigenvalue weighted by Crippen LogP contribution is -2.27. The highest BCUT2D eigenvalue weighted by Gasteiger charge is 2.00. The fourth-order valence-electron chi connectivity index (χ4n) is 1.04. The summed E-state index contributed by atoms with van der Waals surface area (Å²) in [4.78, 5) is 10.3. The molecule has 0 atom stereocenters. The third kappa shape index (κ3) is 2.99. The molecule has 1 rings (SSSR count). The van der Waals surface area contributed by atoms with Gasteiger partial charge in [-0.3, -0.25) is 0 Å². The Balaban J connectivity index is 2.60. The first-order valence-electron chi connectivity index (χ1n) is 4.38. The minimum atomic E-state index is 0.951. The molecule has 4 nitrogen and oxygen atoms in total. The SMILES string of the molecule is CNCCN(C)c1cc(C)ncn1. The monoisotopic (exact) mass is 180 g/mol. The highest BCUT2D eigenvalue weighted by atomic mass is 15.2. The third-order valence-electron chi connectivity index (χ3n) is 1.88. The molecule has 0 fully saturated rings. The van der Waals surface area contributed by atoms with E-state index in [4.69, 9.17) is 0 Å². The Bertz CT molecular complexity index is 262. The van der Waals surface area contributed by atoms with Gasteiger partial charge in [-0.2, -0.15) is 0 Å². The molecule has 1 N–H and O–H groups in total. The molecule has 0 aromatic carbocycles. The van der Waals surface area contributed by atoms with Crippen molar-refractivity contribution in [1.29, 1.82) is 0 Å². The van der Waals surface area contributed by atoms with E-state index in [0.29, 0.717) is 0 Å². The van der Waals surface area contributed by atoms with Gasteiger partial charge < -0.3 is 10.2 Å². The second kappa shape index (κ2) is 4.77. The molecule has 0 aliphatic rings. The first-order chi connectivity index (χ1) is 6.24. The van der Waals surface area contributed by atoms with Crippen molar-refractivity contribution >= 4 is 5.82 Å². The van der Waals surface area contributed by atoms with Crippen LogP contribution in [-0.4, -0.2) is 37.2 Å². The third-order valence-corrected chi connectivity index (χ3v) is 1.88. The summed E-state index contributed by atoms with van der Waals surface area (Å²) in [6, 6.07) is 1.98. The van der Waals surface area contributed by atoms with Gasteiger partial charge in [0.05, 0.1) is 0 Å². The lowest BCUT2D eigenvalue weighted by Gasteiger charge is -2.17. The molecule has 1 heterocycles. The number of likely N-dealkylation sites (N-methyl/N-ethyl adjacent to an activating group) is 2. The van der Waals surface area contributed by atoms with Crippen LogP contribution in [0.4, 0.5) is 5.82 Å². The maximum Gasteiger partial charge on any atom is 0.131 e. The van der Waals surface area contributed by atoms with Gasteiger partial charge in [0.2, 0.25) is 0 Å². The number of hydrogen-bond donors (Lipinski definition) is 1. The number of anilines is 1. The molecule has 4 heteroatoms. The van der Waals surface area contributed by atoms with Gasteiger partial charge >= 0.3 is 0 Å². The predicted molar refractivity (Wildman–Crippen MR) is 54.0 cm³/mol. The molecule has 13 heavy (non-hydrogen) atoms. The molecule has 1 aromatic rings. The maximum absolute atomic E-state index is 4.18. The Morgan fingerprint density at radius 1 is 1.46 bits per heavy atom. The molecule has 0 saturated heterocycles. The van der Waals surface area contributed by atoms with Gasteiger partial charge in [0.15, 0.2) is 0 Å². The van der Waals surface area contributed by atoms with E-state index in [1.807, 2.05) is 27.1 Å². The molecule has 0 unspecified atom stereocenters. The molecule has 0 bridgehead atoms. The van der Waals surface area contributed by atoms with Crippen LogP contribution in [0.2, 0.25) is 0 Å². The first-order valence-corrected chi connectivity index (χ1v) is 4.38. The summed E-state index contributed by atoms with van der Waals surface area (Å²) >= 11 is 0. The standard InChI is InChI=1S/C9H16N4/c1-8-6-9(12-7-11-8)13(3)5-4-10-2/h6-7,10H,4-5H2,1-3H3. The Morgan fingerprint density at radius 2 is 2.23 bits per heavy atom. The van der Waals surface area contributed by atoms with Crippen molar-refractivity contribution in [3.05, 3.63) is 18.1 Å².